The summed E-state index contributed by atoms with van der Waals surface area (Å²) in [5.41, 5.74) is 0.682. The van der Waals surface area contributed by atoms with Gasteiger partial charge in [-0.15, -0.1) is 0 Å². The minimum atomic E-state index is -0.290. The summed E-state index contributed by atoms with van der Waals surface area (Å²) in [5, 5.41) is 12.8. The van der Waals surface area contributed by atoms with Crippen LogP contribution in [-0.4, -0.2) is 41.8 Å². The van der Waals surface area contributed by atoms with Crippen molar-refractivity contribution in [3.8, 4) is 0 Å². The Labute approximate surface area is 130 Å². The standard InChI is InChI=1S/C17H23FN2O2/c1-20(10-11-5-4-8-16(11)21)17(22)19-15-9-13(15)12-6-2-3-7-14(12)18/h2-3,6-7,11,13,15-16,21H,4-5,8-10H2,1H3,(H,19,22). The van der Waals surface area contributed by atoms with Crippen LogP contribution < -0.4 is 5.32 Å². The van der Waals surface area contributed by atoms with Crippen molar-refractivity contribution in [2.24, 2.45) is 5.92 Å². The van der Waals surface area contributed by atoms with Gasteiger partial charge in [-0.05, 0) is 30.9 Å². The molecular weight excluding hydrogens is 283 g/mol. The third-order valence-corrected chi connectivity index (χ3v) is 4.88. The van der Waals surface area contributed by atoms with Gasteiger partial charge in [-0.1, -0.05) is 24.6 Å². The van der Waals surface area contributed by atoms with Crippen LogP contribution in [0.3, 0.4) is 0 Å². The number of benzene rings is 1. The number of aliphatic hydroxyl groups is 1. The van der Waals surface area contributed by atoms with E-state index in [9.17, 15) is 14.3 Å². The Morgan fingerprint density at radius 1 is 1.41 bits per heavy atom. The van der Waals surface area contributed by atoms with Crippen LogP contribution in [0.2, 0.25) is 0 Å². The fraction of sp³-hybridized carbons (Fsp3) is 0.588. The first-order chi connectivity index (χ1) is 10.6. The average Bonchev–Trinajstić information content (AvgIpc) is 3.13. The topological polar surface area (TPSA) is 52.6 Å². The lowest BCUT2D eigenvalue weighted by atomic mass is 10.1. The summed E-state index contributed by atoms with van der Waals surface area (Å²) >= 11 is 0. The number of rotatable bonds is 4. The van der Waals surface area contributed by atoms with E-state index in [4.69, 9.17) is 0 Å². The number of nitrogens with one attached hydrogen (secondary N) is 1. The van der Waals surface area contributed by atoms with Gasteiger partial charge in [0.25, 0.3) is 0 Å². The van der Waals surface area contributed by atoms with E-state index in [1.54, 1.807) is 24.1 Å². The Balaban J connectivity index is 1.50. The quantitative estimate of drug-likeness (QED) is 0.898. The summed E-state index contributed by atoms with van der Waals surface area (Å²) in [7, 11) is 1.75. The zero-order valence-electron chi connectivity index (χ0n) is 12.8. The molecule has 120 valence electrons. The van der Waals surface area contributed by atoms with E-state index in [2.05, 4.69) is 5.32 Å². The molecule has 3 rings (SSSR count). The molecule has 0 radical (unpaired) electrons. The Morgan fingerprint density at radius 3 is 2.86 bits per heavy atom. The highest BCUT2D eigenvalue weighted by Crippen LogP contribution is 2.41. The van der Waals surface area contributed by atoms with Crippen LogP contribution in [0.5, 0.6) is 0 Å². The van der Waals surface area contributed by atoms with Crippen LogP contribution in [0, 0.1) is 11.7 Å². The third-order valence-electron chi connectivity index (χ3n) is 4.88. The van der Waals surface area contributed by atoms with Crippen molar-refractivity contribution < 1.29 is 14.3 Å². The maximum Gasteiger partial charge on any atom is 0.317 e. The van der Waals surface area contributed by atoms with Crippen LogP contribution >= 0.6 is 0 Å². The number of hydrogen-bond donors (Lipinski definition) is 2. The maximum atomic E-state index is 13.7. The predicted octanol–water partition coefficient (Wildman–Crippen LogP) is 2.48. The van der Waals surface area contributed by atoms with Gasteiger partial charge in [-0.3, -0.25) is 0 Å². The number of urea groups is 1. The van der Waals surface area contributed by atoms with Gasteiger partial charge in [-0.25, -0.2) is 9.18 Å². The summed E-state index contributed by atoms with van der Waals surface area (Å²) < 4.78 is 13.7. The minimum absolute atomic E-state index is 0.0142. The second-order valence-electron chi connectivity index (χ2n) is 6.56. The van der Waals surface area contributed by atoms with E-state index in [0.29, 0.717) is 12.1 Å². The molecular formula is C17H23FN2O2. The summed E-state index contributed by atoms with van der Waals surface area (Å²) in [6.45, 7) is 0.573. The number of carbonyl (C=O) groups excluding carboxylic acids is 1. The van der Waals surface area contributed by atoms with E-state index >= 15 is 0 Å². The molecule has 2 fully saturated rings. The van der Waals surface area contributed by atoms with Gasteiger partial charge < -0.3 is 15.3 Å². The smallest absolute Gasteiger partial charge is 0.317 e. The molecule has 4 nitrogen and oxygen atoms in total. The van der Waals surface area contributed by atoms with Crippen LogP contribution in [0.4, 0.5) is 9.18 Å². The molecule has 2 amide bonds. The molecule has 0 spiro atoms. The molecule has 0 aliphatic heterocycles. The van der Waals surface area contributed by atoms with Gasteiger partial charge in [-0.2, -0.15) is 0 Å². The van der Waals surface area contributed by atoms with Gasteiger partial charge in [0.1, 0.15) is 5.82 Å². The Morgan fingerprint density at radius 2 is 2.18 bits per heavy atom. The molecule has 2 N–H and O–H groups in total. The molecule has 0 bridgehead atoms. The molecule has 2 saturated carbocycles. The van der Waals surface area contributed by atoms with Crippen molar-refractivity contribution in [3.63, 3.8) is 0 Å². The lowest BCUT2D eigenvalue weighted by molar-refractivity contribution is 0.114. The highest BCUT2D eigenvalue weighted by atomic mass is 19.1. The third kappa shape index (κ3) is 3.24. The second kappa shape index (κ2) is 6.24. The lowest BCUT2D eigenvalue weighted by Crippen LogP contribution is -2.42. The van der Waals surface area contributed by atoms with Gasteiger partial charge in [0.05, 0.1) is 6.10 Å². The molecule has 2 aliphatic rings. The Hall–Kier alpha value is -1.62. The van der Waals surface area contributed by atoms with Crippen molar-refractivity contribution >= 4 is 6.03 Å². The largest absolute Gasteiger partial charge is 0.393 e. The van der Waals surface area contributed by atoms with Gasteiger partial charge >= 0.3 is 6.03 Å². The predicted molar refractivity (Wildman–Crippen MR) is 82.1 cm³/mol. The fourth-order valence-electron chi connectivity index (χ4n) is 3.41. The lowest BCUT2D eigenvalue weighted by Gasteiger charge is -2.23. The minimum Gasteiger partial charge on any atom is -0.393 e. The molecule has 1 aromatic carbocycles. The van der Waals surface area contributed by atoms with E-state index in [0.717, 1.165) is 25.7 Å². The highest BCUT2D eigenvalue weighted by molar-refractivity contribution is 5.75. The second-order valence-corrected chi connectivity index (χ2v) is 6.56. The Kier molecular flexibility index (Phi) is 4.34. The fourth-order valence-corrected chi connectivity index (χ4v) is 3.41. The van der Waals surface area contributed by atoms with E-state index < -0.39 is 0 Å². The van der Waals surface area contributed by atoms with Gasteiger partial charge in [0.15, 0.2) is 0 Å². The Bertz CT molecular complexity index is 551. The van der Waals surface area contributed by atoms with E-state index in [1.807, 2.05) is 6.07 Å². The number of aliphatic hydroxyl groups excluding tert-OH is 1. The first-order valence-corrected chi connectivity index (χ1v) is 8.00. The van der Waals surface area contributed by atoms with Crippen LogP contribution in [0.15, 0.2) is 24.3 Å². The van der Waals surface area contributed by atoms with Crippen LogP contribution in [-0.2, 0) is 0 Å². The molecule has 22 heavy (non-hydrogen) atoms. The number of hydrogen-bond acceptors (Lipinski definition) is 2. The molecule has 5 heteroatoms. The summed E-state index contributed by atoms with van der Waals surface area (Å²) in [6.07, 6.45) is 3.33. The number of carbonyl (C=O) groups is 1. The first-order valence-electron chi connectivity index (χ1n) is 8.00. The number of nitrogens with zero attached hydrogens (tertiary/aromatic N) is 1. The summed E-state index contributed by atoms with van der Waals surface area (Å²) in [4.78, 5) is 13.8. The van der Waals surface area contributed by atoms with Crippen molar-refractivity contribution in [2.75, 3.05) is 13.6 Å². The molecule has 2 aliphatic carbocycles. The van der Waals surface area contributed by atoms with Crippen LogP contribution in [0.25, 0.3) is 0 Å². The molecule has 1 aromatic rings. The first kappa shape index (κ1) is 15.3. The summed E-state index contributed by atoms with van der Waals surface area (Å²) in [5.74, 6) is 0.0552. The zero-order valence-corrected chi connectivity index (χ0v) is 12.8. The van der Waals surface area contributed by atoms with Crippen molar-refractivity contribution in [3.05, 3.63) is 35.6 Å². The average molecular weight is 306 g/mol. The molecule has 0 heterocycles. The van der Waals surface area contributed by atoms with Gasteiger partial charge in [0.2, 0.25) is 0 Å². The molecule has 0 saturated heterocycles. The van der Waals surface area contributed by atoms with E-state index in [-0.39, 0.29) is 35.8 Å². The van der Waals surface area contributed by atoms with E-state index in [1.165, 1.54) is 6.07 Å². The summed E-state index contributed by atoms with van der Waals surface area (Å²) in [6, 6.07) is 6.62. The number of halogens is 1. The maximum absolute atomic E-state index is 13.7. The molecule has 0 aromatic heterocycles. The van der Waals surface area contributed by atoms with Crippen molar-refractivity contribution in [2.45, 2.75) is 43.7 Å². The van der Waals surface area contributed by atoms with Gasteiger partial charge in [0, 0.05) is 31.5 Å². The highest BCUT2D eigenvalue weighted by Gasteiger charge is 2.41. The van der Waals surface area contributed by atoms with Crippen molar-refractivity contribution in [1.29, 1.82) is 0 Å². The SMILES string of the molecule is CN(CC1CCCC1O)C(=O)NC1CC1c1ccccc1F. The number of amides is 2. The molecule has 4 unspecified atom stereocenters. The normalized spacial score (nSPS) is 30.1. The van der Waals surface area contributed by atoms with Crippen LogP contribution in [0.1, 0.15) is 37.2 Å². The monoisotopic (exact) mass is 306 g/mol. The zero-order chi connectivity index (χ0) is 15.7. The molecule has 4 atom stereocenters. The van der Waals surface area contributed by atoms with Crippen molar-refractivity contribution in [1.82, 2.24) is 10.2 Å².